The molecule has 0 unspecified atom stereocenters. The Morgan fingerprint density at radius 3 is 1.11 bits per heavy atom. The van der Waals surface area contributed by atoms with Gasteiger partial charge in [-0.25, -0.2) is 9.59 Å². The van der Waals surface area contributed by atoms with E-state index in [1.54, 1.807) is 0 Å². The minimum Gasteiger partial charge on any atom is -1.00 e. The number of carboxylic acid groups (broad SMARTS) is 2. The molecule has 0 saturated heterocycles. The predicted octanol–water partition coefficient (Wildman–Crippen LogP) is -6.46. The van der Waals surface area contributed by atoms with Crippen LogP contribution < -0.4 is 59.1 Å². The van der Waals surface area contributed by atoms with E-state index in [0.29, 0.717) is 0 Å². The standard InChI is InChI=1S/C2H2O4.FH.2Na.2H/c3-1(4)2(5)6;;;;;/h(H,3,4)(H,5,6);1H;;;;/q;;2*+1;2*-1. The van der Waals surface area contributed by atoms with Crippen LogP contribution in [0.25, 0.3) is 0 Å². The Bertz CT molecular complexity index is 90.1. The Labute approximate surface area is 97.5 Å². The van der Waals surface area contributed by atoms with Crippen molar-refractivity contribution in [2.75, 3.05) is 0 Å². The van der Waals surface area contributed by atoms with E-state index in [4.69, 9.17) is 19.8 Å². The molecule has 0 aromatic rings. The van der Waals surface area contributed by atoms with Crippen LogP contribution >= 0.6 is 0 Å². The molecule has 46 valence electrons. The van der Waals surface area contributed by atoms with Gasteiger partial charge in [0.15, 0.2) is 0 Å². The first kappa shape index (κ1) is 22.5. The molecule has 0 fully saturated rings. The van der Waals surface area contributed by atoms with Gasteiger partial charge < -0.3 is 13.1 Å². The first-order chi connectivity index (χ1) is 2.64. The molecule has 2 N–H and O–H groups in total. The Kier molecular flexibility index (Phi) is 29.1. The molecule has 0 atom stereocenters. The number of rotatable bonds is 0. The fourth-order valence-electron chi connectivity index (χ4n) is 0. The Hall–Kier alpha value is 0.870. The van der Waals surface area contributed by atoms with Gasteiger partial charge in [-0.2, -0.15) is 0 Å². The molecular formula is C2H5FNa2O4. The van der Waals surface area contributed by atoms with E-state index in [9.17, 15) is 0 Å². The summed E-state index contributed by atoms with van der Waals surface area (Å²) in [6, 6.07) is 0. The molecule has 0 spiro atoms. The van der Waals surface area contributed by atoms with Gasteiger partial charge in [-0.05, 0) is 0 Å². The SMILES string of the molecule is F.O=C(O)C(=O)O.[H-].[H-].[Na+].[Na+]. The van der Waals surface area contributed by atoms with Crippen molar-refractivity contribution in [1.82, 2.24) is 0 Å². The molecule has 0 heterocycles. The van der Waals surface area contributed by atoms with E-state index in [2.05, 4.69) is 0 Å². The van der Waals surface area contributed by atoms with Crippen LogP contribution in [0.3, 0.4) is 0 Å². The molecule has 0 bridgehead atoms. The van der Waals surface area contributed by atoms with E-state index in [1.165, 1.54) is 0 Å². The van der Waals surface area contributed by atoms with Crippen LogP contribution in [0, 0.1) is 0 Å². The maximum atomic E-state index is 9.10. The zero-order chi connectivity index (χ0) is 5.15. The van der Waals surface area contributed by atoms with Crippen molar-refractivity contribution in [3.63, 3.8) is 0 Å². The van der Waals surface area contributed by atoms with Crippen molar-refractivity contribution in [3.05, 3.63) is 0 Å². The summed E-state index contributed by atoms with van der Waals surface area (Å²) >= 11 is 0. The molecule has 0 aliphatic carbocycles. The van der Waals surface area contributed by atoms with Gasteiger partial charge >= 0.3 is 71.1 Å². The monoisotopic (exact) mass is 158 g/mol. The van der Waals surface area contributed by atoms with Gasteiger partial charge in [0.05, 0.1) is 0 Å². The van der Waals surface area contributed by atoms with Crippen LogP contribution in [-0.2, 0) is 9.59 Å². The fourth-order valence-corrected chi connectivity index (χ4v) is 0. The largest absolute Gasteiger partial charge is 1.00 e. The molecule has 0 aliphatic heterocycles. The van der Waals surface area contributed by atoms with Crippen molar-refractivity contribution in [2.45, 2.75) is 0 Å². The summed E-state index contributed by atoms with van der Waals surface area (Å²) in [5, 5.41) is 14.8. The van der Waals surface area contributed by atoms with Gasteiger partial charge in [-0.3, -0.25) is 4.70 Å². The molecule has 0 radical (unpaired) electrons. The molecule has 9 heavy (non-hydrogen) atoms. The van der Waals surface area contributed by atoms with Crippen LogP contribution in [0.1, 0.15) is 2.85 Å². The number of aliphatic carboxylic acids is 2. The minimum atomic E-state index is -1.82. The van der Waals surface area contributed by atoms with Gasteiger partial charge in [0.1, 0.15) is 0 Å². The maximum Gasteiger partial charge on any atom is 1.00 e. The van der Waals surface area contributed by atoms with Crippen LogP contribution in [-0.4, -0.2) is 22.2 Å². The molecule has 7 heteroatoms. The summed E-state index contributed by atoms with van der Waals surface area (Å²) in [7, 11) is 0. The van der Waals surface area contributed by atoms with E-state index in [-0.39, 0.29) is 66.7 Å². The fraction of sp³-hybridized carbons (Fsp3) is 0. The Morgan fingerprint density at radius 2 is 1.11 bits per heavy atom. The number of carboxylic acids is 2. The average molecular weight is 158 g/mol. The summed E-state index contributed by atoms with van der Waals surface area (Å²) in [5.74, 6) is -3.65. The smallest absolute Gasteiger partial charge is 1.00 e. The third-order valence-electron chi connectivity index (χ3n) is 0.183. The maximum absolute atomic E-state index is 9.10. The zero-order valence-corrected chi connectivity index (χ0v) is 9.12. The summed E-state index contributed by atoms with van der Waals surface area (Å²) in [6.45, 7) is 0. The van der Waals surface area contributed by atoms with Gasteiger partial charge in [-0.15, -0.1) is 0 Å². The van der Waals surface area contributed by atoms with Gasteiger partial charge in [0.25, 0.3) is 0 Å². The minimum absolute atomic E-state index is 0. The van der Waals surface area contributed by atoms with E-state index >= 15 is 0 Å². The number of hydrogen-bond acceptors (Lipinski definition) is 2. The van der Waals surface area contributed by atoms with E-state index in [0.717, 1.165) is 0 Å². The second-order valence-corrected chi connectivity index (χ2v) is 0.610. The van der Waals surface area contributed by atoms with Crippen molar-refractivity contribution < 1.29 is 86.5 Å². The topological polar surface area (TPSA) is 74.6 Å². The summed E-state index contributed by atoms with van der Waals surface area (Å²) in [6.07, 6.45) is 0. The molecular weight excluding hydrogens is 153 g/mol. The van der Waals surface area contributed by atoms with Crippen LogP contribution in [0.5, 0.6) is 0 Å². The van der Waals surface area contributed by atoms with Gasteiger partial charge in [-0.1, -0.05) is 0 Å². The molecule has 0 rings (SSSR count). The second kappa shape index (κ2) is 11.6. The number of hydrogen-bond donors (Lipinski definition) is 2. The Balaban J connectivity index is -0.0000000125. The number of carbonyl (C=O) groups is 2. The third-order valence-corrected chi connectivity index (χ3v) is 0.183. The predicted molar refractivity (Wildman–Crippen MR) is 20.0 cm³/mol. The quantitative estimate of drug-likeness (QED) is 0.271. The van der Waals surface area contributed by atoms with E-state index in [1.807, 2.05) is 0 Å². The first-order valence-corrected chi connectivity index (χ1v) is 1.11. The molecule has 4 nitrogen and oxygen atoms in total. The first-order valence-electron chi connectivity index (χ1n) is 1.11. The normalized spacial score (nSPS) is 4.89. The van der Waals surface area contributed by atoms with Crippen molar-refractivity contribution in [2.24, 2.45) is 0 Å². The van der Waals surface area contributed by atoms with Crippen LogP contribution in [0.15, 0.2) is 0 Å². The van der Waals surface area contributed by atoms with Crippen LogP contribution in [0.4, 0.5) is 4.70 Å². The van der Waals surface area contributed by atoms with Crippen molar-refractivity contribution >= 4 is 11.9 Å². The van der Waals surface area contributed by atoms with Crippen molar-refractivity contribution in [3.8, 4) is 0 Å². The number of halogens is 1. The Morgan fingerprint density at radius 1 is 1.00 bits per heavy atom. The molecule has 0 saturated carbocycles. The molecule has 0 aromatic heterocycles. The van der Waals surface area contributed by atoms with Gasteiger partial charge in [0, 0.05) is 0 Å². The zero-order valence-electron chi connectivity index (χ0n) is 7.12. The second-order valence-electron chi connectivity index (χ2n) is 0.610. The summed E-state index contributed by atoms with van der Waals surface area (Å²) in [5.41, 5.74) is 0. The van der Waals surface area contributed by atoms with E-state index < -0.39 is 11.9 Å². The van der Waals surface area contributed by atoms with Crippen LogP contribution in [0.2, 0.25) is 0 Å². The summed E-state index contributed by atoms with van der Waals surface area (Å²) < 4.78 is 0. The molecule has 0 aromatic carbocycles. The average Bonchev–Trinajstić information content (AvgIpc) is 1.36. The third kappa shape index (κ3) is 17.7. The van der Waals surface area contributed by atoms with Gasteiger partial charge in [0.2, 0.25) is 0 Å². The van der Waals surface area contributed by atoms with Crippen molar-refractivity contribution in [1.29, 1.82) is 0 Å². The summed E-state index contributed by atoms with van der Waals surface area (Å²) in [4.78, 5) is 18.2. The molecule has 0 aliphatic rings. The molecule has 0 amide bonds.